The number of nitrogens with zero attached hydrogens (tertiary/aromatic N) is 4. The van der Waals surface area contributed by atoms with Gasteiger partial charge in [-0.1, -0.05) is 127 Å². The van der Waals surface area contributed by atoms with Gasteiger partial charge in [0, 0.05) is 49.5 Å². The number of para-hydroxylation sites is 3. The quantitative estimate of drug-likeness (QED) is 0.193. The first-order chi connectivity index (χ1) is 22.8. The molecule has 10 aromatic rings. The first-order valence-corrected chi connectivity index (χ1v) is 15.6. The number of pyridine rings is 1. The number of hydrogen-bond acceptors (Lipinski definition) is 2. The lowest BCUT2D eigenvalue weighted by Crippen LogP contribution is -2.03. The molecule has 0 radical (unpaired) electrons. The lowest BCUT2D eigenvalue weighted by molar-refractivity contribution is 1.05. The Morgan fingerprint density at radius 2 is 1.02 bits per heavy atom. The van der Waals surface area contributed by atoms with Crippen molar-refractivity contribution in [2.75, 3.05) is 0 Å². The van der Waals surface area contributed by atoms with Gasteiger partial charge in [0.05, 0.1) is 33.3 Å². The molecule has 46 heavy (non-hydrogen) atoms. The molecule has 6 aromatic carbocycles. The zero-order chi connectivity index (χ0) is 30.2. The van der Waals surface area contributed by atoms with Crippen LogP contribution in [0.3, 0.4) is 0 Å². The van der Waals surface area contributed by atoms with Crippen LogP contribution in [0.5, 0.6) is 0 Å². The van der Waals surface area contributed by atoms with Crippen molar-refractivity contribution >= 4 is 59.9 Å². The van der Waals surface area contributed by atoms with E-state index in [-0.39, 0.29) is 0 Å². The van der Waals surface area contributed by atoms with E-state index in [0.717, 1.165) is 33.7 Å². The maximum Gasteiger partial charge on any atom is 0.162 e. The van der Waals surface area contributed by atoms with Crippen molar-refractivity contribution in [2.24, 2.45) is 0 Å². The van der Waals surface area contributed by atoms with E-state index in [1.54, 1.807) is 0 Å². The van der Waals surface area contributed by atoms with E-state index in [0.29, 0.717) is 5.82 Å². The van der Waals surface area contributed by atoms with E-state index in [9.17, 15) is 0 Å². The van der Waals surface area contributed by atoms with Crippen molar-refractivity contribution in [3.05, 3.63) is 158 Å². The molecule has 0 fully saturated rings. The van der Waals surface area contributed by atoms with Crippen LogP contribution in [0.1, 0.15) is 0 Å². The second-order valence-corrected chi connectivity index (χ2v) is 11.8. The fourth-order valence-corrected chi connectivity index (χ4v) is 7.30. The number of fused-ring (bicyclic) bond motifs is 12. The Morgan fingerprint density at radius 1 is 0.413 bits per heavy atom. The summed E-state index contributed by atoms with van der Waals surface area (Å²) in [5.74, 6) is 1.55. The van der Waals surface area contributed by atoms with Gasteiger partial charge in [0.25, 0.3) is 0 Å². The van der Waals surface area contributed by atoms with Crippen LogP contribution in [0.25, 0.3) is 88.4 Å². The first kappa shape index (κ1) is 25.1. The van der Waals surface area contributed by atoms with Gasteiger partial charge in [-0.05, 0) is 24.3 Å². The normalized spacial score (nSPS) is 11.9. The van der Waals surface area contributed by atoms with E-state index in [4.69, 9.17) is 9.97 Å². The highest BCUT2D eigenvalue weighted by Crippen LogP contribution is 2.42. The largest absolute Gasteiger partial charge is 0.309 e. The summed E-state index contributed by atoms with van der Waals surface area (Å²) in [5.41, 5.74) is 8.80. The molecule has 0 atom stereocenters. The highest BCUT2D eigenvalue weighted by molar-refractivity contribution is 6.28. The molecule has 4 heteroatoms. The summed E-state index contributed by atoms with van der Waals surface area (Å²) >= 11 is 0. The molecule has 10 rings (SSSR count). The molecule has 0 N–H and O–H groups in total. The van der Waals surface area contributed by atoms with Crippen molar-refractivity contribution < 1.29 is 0 Å². The molecule has 0 aliphatic rings. The molecule has 0 saturated carbocycles. The lowest BCUT2D eigenvalue weighted by atomic mass is 10.0. The molecule has 214 valence electrons. The molecule has 4 aromatic heterocycles. The first-order valence-electron chi connectivity index (χ1n) is 15.6. The maximum atomic E-state index is 5.30. The highest BCUT2D eigenvalue weighted by atomic mass is 15.1. The fraction of sp³-hybridized carbons (Fsp3) is 0. The Labute approximate surface area is 264 Å². The topological polar surface area (TPSA) is 35.1 Å². The van der Waals surface area contributed by atoms with Crippen LogP contribution >= 0.6 is 0 Å². The summed E-state index contributed by atoms with van der Waals surface area (Å²) in [7, 11) is 0. The lowest BCUT2D eigenvalue weighted by Gasteiger charge is -2.15. The van der Waals surface area contributed by atoms with Crippen LogP contribution in [0.15, 0.2) is 158 Å². The van der Waals surface area contributed by atoms with Gasteiger partial charge in [0.2, 0.25) is 0 Å². The van der Waals surface area contributed by atoms with E-state index in [1.807, 2.05) is 24.3 Å². The standard InChI is InChI=1S/C42H26N4/c1-3-13-27(14-4-1)34-26-39(44-42(43-34)28-15-5-2-6-16-28)46-36-21-11-8-18-30(36)31-23-24-33-38-25-29-17-7-10-20-35(29)45(38)37-22-12-9-19-32(37)40(33)41(31)46/h1-26H. The molecule has 0 amide bonds. The summed E-state index contributed by atoms with van der Waals surface area (Å²) in [5, 5.41) is 7.28. The molecular weight excluding hydrogens is 560 g/mol. The molecule has 4 heterocycles. The Morgan fingerprint density at radius 3 is 1.83 bits per heavy atom. The van der Waals surface area contributed by atoms with Gasteiger partial charge in [0.15, 0.2) is 5.82 Å². The van der Waals surface area contributed by atoms with Crippen molar-refractivity contribution in [3.8, 4) is 28.5 Å². The van der Waals surface area contributed by atoms with Crippen LogP contribution < -0.4 is 0 Å². The average Bonchev–Trinajstić information content (AvgIpc) is 3.69. The number of benzene rings is 6. The van der Waals surface area contributed by atoms with Crippen LogP contribution in [0.4, 0.5) is 0 Å². The van der Waals surface area contributed by atoms with E-state index in [1.165, 1.54) is 48.9 Å². The van der Waals surface area contributed by atoms with Gasteiger partial charge in [-0.2, -0.15) is 0 Å². The van der Waals surface area contributed by atoms with Crippen molar-refractivity contribution in [2.45, 2.75) is 0 Å². The second kappa shape index (κ2) is 9.62. The van der Waals surface area contributed by atoms with Gasteiger partial charge >= 0.3 is 0 Å². The predicted octanol–water partition coefficient (Wildman–Crippen LogP) is 10.6. The van der Waals surface area contributed by atoms with E-state index < -0.39 is 0 Å². The average molecular weight is 587 g/mol. The van der Waals surface area contributed by atoms with Gasteiger partial charge in [-0.3, -0.25) is 4.57 Å². The summed E-state index contributed by atoms with van der Waals surface area (Å²) in [6.07, 6.45) is 0. The molecule has 0 saturated heterocycles. The SMILES string of the molecule is c1ccc(-c2cc(-n3c4ccccc4c4ccc5c(c6ccccc6n6c7ccccc7cc56)c43)nc(-c3ccccc3)n2)cc1. The molecule has 0 aliphatic heterocycles. The molecular formula is C42H26N4. The summed E-state index contributed by atoms with van der Waals surface area (Å²) in [4.78, 5) is 10.4. The predicted molar refractivity (Wildman–Crippen MR) is 191 cm³/mol. The third-order valence-electron chi connectivity index (χ3n) is 9.28. The van der Waals surface area contributed by atoms with E-state index in [2.05, 4.69) is 142 Å². The minimum atomic E-state index is 0.702. The molecule has 0 aliphatic carbocycles. The van der Waals surface area contributed by atoms with Crippen molar-refractivity contribution in [3.63, 3.8) is 0 Å². The minimum absolute atomic E-state index is 0.702. The molecule has 0 unspecified atom stereocenters. The summed E-state index contributed by atoms with van der Waals surface area (Å²) in [6, 6.07) is 55.9. The van der Waals surface area contributed by atoms with Gasteiger partial charge < -0.3 is 4.40 Å². The zero-order valence-electron chi connectivity index (χ0n) is 24.8. The van der Waals surface area contributed by atoms with Crippen molar-refractivity contribution in [1.82, 2.24) is 18.9 Å². The Hall–Kier alpha value is -6.26. The molecule has 0 spiro atoms. The maximum absolute atomic E-state index is 5.30. The summed E-state index contributed by atoms with van der Waals surface area (Å²) in [6.45, 7) is 0. The van der Waals surface area contributed by atoms with Gasteiger partial charge in [-0.25, -0.2) is 9.97 Å². The van der Waals surface area contributed by atoms with Crippen molar-refractivity contribution in [1.29, 1.82) is 0 Å². The smallest absolute Gasteiger partial charge is 0.162 e. The number of hydrogen-bond donors (Lipinski definition) is 0. The molecule has 0 bridgehead atoms. The minimum Gasteiger partial charge on any atom is -0.309 e. The fourth-order valence-electron chi connectivity index (χ4n) is 7.30. The Bertz CT molecular complexity index is 2730. The monoisotopic (exact) mass is 586 g/mol. The number of rotatable bonds is 3. The van der Waals surface area contributed by atoms with Gasteiger partial charge in [-0.15, -0.1) is 0 Å². The van der Waals surface area contributed by atoms with E-state index >= 15 is 0 Å². The van der Waals surface area contributed by atoms with Crippen LogP contribution in [-0.2, 0) is 0 Å². The summed E-state index contributed by atoms with van der Waals surface area (Å²) < 4.78 is 4.77. The van der Waals surface area contributed by atoms with Crippen LogP contribution in [-0.4, -0.2) is 18.9 Å². The zero-order valence-corrected chi connectivity index (χ0v) is 24.8. The third-order valence-corrected chi connectivity index (χ3v) is 9.28. The van der Waals surface area contributed by atoms with Crippen LogP contribution in [0.2, 0.25) is 0 Å². The third kappa shape index (κ3) is 3.55. The highest BCUT2D eigenvalue weighted by Gasteiger charge is 2.21. The van der Waals surface area contributed by atoms with Crippen LogP contribution in [0, 0.1) is 0 Å². The van der Waals surface area contributed by atoms with Gasteiger partial charge in [0.1, 0.15) is 5.82 Å². The Kier molecular flexibility index (Phi) is 5.25. The molecule has 4 nitrogen and oxygen atoms in total. The number of aromatic nitrogens is 4. The Balaban J connectivity index is 1.42. The second-order valence-electron chi connectivity index (χ2n) is 11.8.